The summed E-state index contributed by atoms with van der Waals surface area (Å²) in [7, 11) is 0. The summed E-state index contributed by atoms with van der Waals surface area (Å²) in [5, 5.41) is 4.65. The van der Waals surface area contributed by atoms with E-state index < -0.39 is 0 Å². The fraction of sp³-hybridized carbons (Fsp3) is 0.500. The van der Waals surface area contributed by atoms with Crippen LogP contribution in [-0.2, 0) is 0 Å². The van der Waals surface area contributed by atoms with Crippen LogP contribution in [0.1, 0.15) is 66.5 Å². The summed E-state index contributed by atoms with van der Waals surface area (Å²) < 4.78 is 24.5. The summed E-state index contributed by atoms with van der Waals surface area (Å²) in [4.78, 5) is 0. The van der Waals surface area contributed by atoms with Crippen molar-refractivity contribution in [3.63, 3.8) is 0 Å². The number of benzene rings is 3. The molecule has 174 valence electrons. The first-order chi connectivity index (χ1) is 15.0. The standard InChI is InChI=1S/C28H38O4/c1-15(2)29-25-11-21-19(9)23-13-27(31-17(5)6)28(32-18(7)8)14-24(23)20(10)22(21)12-26(25)30-16(3)4/h11-18H,1-10H3. The number of hydrogen-bond donors (Lipinski definition) is 0. The van der Waals surface area contributed by atoms with Crippen LogP contribution in [0, 0.1) is 13.8 Å². The SMILES string of the molecule is Cc1c2cc(OC(C)C)c(OC(C)C)cc2c(C)c2cc(OC(C)C)c(OC(C)C)cc12. The molecule has 0 atom stereocenters. The number of ether oxygens (including phenoxy) is 4. The van der Waals surface area contributed by atoms with E-state index in [1.54, 1.807) is 0 Å². The molecule has 0 radical (unpaired) electrons. The van der Waals surface area contributed by atoms with Gasteiger partial charge in [0.05, 0.1) is 24.4 Å². The monoisotopic (exact) mass is 438 g/mol. The maximum absolute atomic E-state index is 6.13. The lowest BCUT2D eigenvalue weighted by molar-refractivity contribution is 0.199. The van der Waals surface area contributed by atoms with Gasteiger partial charge in [0.1, 0.15) is 0 Å². The molecule has 0 saturated heterocycles. The molecule has 4 nitrogen and oxygen atoms in total. The highest BCUT2D eigenvalue weighted by Gasteiger charge is 2.19. The van der Waals surface area contributed by atoms with Crippen molar-refractivity contribution in [3.8, 4) is 23.0 Å². The topological polar surface area (TPSA) is 36.9 Å². The molecule has 0 unspecified atom stereocenters. The molecule has 3 aromatic rings. The highest BCUT2D eigenvalue weighted by atomic mass is 16.5. The molecule has 0 N–H and O–H groups in total. The second kappa shape index (κ2) is 9.48. The maximum Gasteiger partial charge on any atom is 0.162 e. The molecular formula is C28H38O4. The van der Waals surface area contributed by atoms with Crippen LogP contribution < -0.4 is 18.9 Å². The van der Waals surface area contributed by atoms with Crippen LogP contribution in [-0.4, -0.2) is 24.4 Å². The maximum atomic E-state index is 6.13. The first kappa shape index (κ1) is 24.0. The van der Waals surface area contributed by atoms with Gasteiger partial charge in [-0.2, -0.15) is 0 Å². The van der Waals surface area contributed by atoms with Gasteiger partial charge in [-0.05, 0) is 126 Å². The molecule has 0 aliphatic heterocycles. The molecule has 0 bridgehead atoms. The van der Waals surface area contributed by atoms with Crippen LogP contribution in [0.15, 0.2) is 24.3 Å². The number of aryl methyl sites for hydroxylation is 2. The summed E-state index contributed by atoms with van der Waals surface area (Å²) in [6.07, 6.45) is 0.243. The molecule has 0 aromatic heterocycles. The molecule has 3 rings (SSSR count). The average molecular weight is 439 g/mol. The van der Waals surface area contributed by atoms with E-state index in [1.807, 2.05) is 55.4 Å². The Morgan fingerprint density at radius 1 is 0.406 bits per heavy atom. The molecule has 3 aromatic carbocycles. The van der Waals surface area contributed by atoms with E-state index in [-0.39, 0.29) is 24.4 Å². The average Bonchev–Trinajstić information content (AvgIpc) is 2.66. The Balaban J connectivity index is 2.34. The van der Waals surface area contributed by atoms with Crippen LogP contribution in [0.5, 0.6) is 23.0 Å². The Bertz CT molecular complexity index is 937. The van der Waals surface area contributed by atoms with E-state index >= 15 is 0 Å². The van der Waals surface area contributed by atoms with Crippen molar-refractivity contribution in [2.45, 2.75) is 93.7 Å². The van der Waals surface area contributed by atoms with Crippen molar-refractivity contribution in [1.29, 1.82) is 0 Å². The van der Waals surface area contributed by atoms with Gasteiger partial charge in [-0.3, -0.25) is 0 Å². The van der Waals surface area contributed by atoms with E-state index in [1.165, 1.54) is 11.1 Å². The fourth-order valence-electron chi connectivity index (χ4n) is 4.04. The second-order valence-electron chi connectivity index (χ2n) is 9.61. The van der Waals surface area contributed by atoms with Gasteiger partial charge >= 0.3 is 0 Å². The summed E-state index contributed by atoms with van der Waals surface area (Å²) in [6, 6.07) is 8.49. The molecule has 0 heterocycles. The molecular weight excluding hydrogens is 400 g/mol. The van der Waals surface area contributed by atoms with Crippen molar-refractivity contribution in [2.24, 2.45) is 0 Å². The zero-order valence-electron chi connectivity index (χ0n) is 21.3. The van der Waals surface area contributed by atoms with Gasteiger partial charge < -0.3 is 18.9 Å². The van der Waals surface area contributed by atoms with Gasteiger partial charge in [-0.1, -0.05) is 0 Å². The van der Waals surface area contributed by atoms with Crippen LogP contribution in [0.3, 0.4) is 0 Å². The largest absolute Gasteiger partial charge is 0.487 e. The van der Waals surface area contributed by atoms with Gasteiger partial charge in [-0.15, -0.1) is 0 Å². The lowest BCUT2D eigenvalue weighted by atomic mass is 9.92. The van der Waals surface area contributed by atoms with E-state index in [9.17, 15) is 0 Å². The zero-order valence-corrected chi connectivity index (χ0v) is 21.3. The Kier molecular flexibility index (Phi) is 7.12. The molecule has 0 saturated carbocycles. The normalized spacial score (nSPS) is 11.9. The molecule has 4 heteroatoms. The molecule has 0 fully saturated rings. The van der Waals surface area contributed by atoms with E-state index in [2.05, 4.69) is 38.1 Å². The molecule has 0 aliphatic rings. The van der Waals surface area contributed by atoms with E-state index in [0.29, 0.717) is 0 Å². The number of hydrogen-bond acceptors (Lipinski definition) is 4. The lowest BCUT2D eigenvalue weighted by Crippen LogP contribution is -2.11. The van der Waals surface area contributed by atoms with Gasteiger partial charge in [0.25, 0.3) is 0 Å². The summed E-state index contributed by atoms with van der Waals surface area (Å²) in [6.45, 7) is 20.6. The van der Waals surface area contributed by atoms with Crippen molar-refractivity contribution in [2.75, 3.05) is 0 Å². The van der Waals surface area contributed by atoms with Gasteiger partial charge in [0.2, 0.25) is 0 Å². The second-order valence-corrected chi connectivity index (χ2v) is 9.61. The summed E-state index contributed by atoms with van der Waals surface area (Å²) in [5.41, 5.74) is 2.38. The van der Waals surface area contributed by atoms with Gasteiger partial charge in [0.15, 0.2) is 23.0 Å². The fourth-order valence-corrected chi connectivity index (χ4v) is 4.04. The Morgan fingerprint density at radius 3 is 0.750 bits per heavy atom. The van der Waals surface area contributed by atoms with Crippen LogP contribution in [0.25, 0.3) is 21.5 Å². The minimum atomic E-state index is 0.0607. The third-order valence-electron chi connectivity index (χ3n) is 5.23. The molecule has 0 aliphatic carbocycles. The van der Waals surface area contributed by atoms with Crippen LogP contribution >= 0.6 is 0 Å². The van der Waals surface area contributed by atoms with Crippen molar-refractivity contribution >= 4 is 21.5 Å². The molecule has 32 heavy (non-hydrogen) atoms. The minimum Gasteiger partial charge on any atom is -0.487 e. The van der Waals surface area contributed by atoms with Crippen LogP contribution in [0.2, 0.25) is 0 Å². The minimum absolute atomic E-state index is 0.0607. The third kappa shape index (κ3) is 5.06. The highest BCUT2D eigenvalue weighted by molar-refractivity contribution is 6.07. The Labute approximate surface area is 192 Å². The summed E-state index contributed by atoms with van der Waals surface area (Å²) >= 11 is 0. The van der Waals surface area contributed by atoms with Gasteiger partial charge in [-0.25, -0.2) is 0 Å². The van der Waals surface area contributed by atoms with E-state index in [4.69, 9.17) is 18.9 Å². The van der Waals surface area contributed by atoms with Crippen molar-refractivity contribution < 1.29 is 18.9 Å². The first-order valence-corrected chi connectivity index (χ1v) is 11.7. The summed E-state index contributed by atoms with van der Waals surface area (Å²) in [5.74, 6) is 3.12. The molecule has 0 spiro atoms. The van der Waals surface area contributed by atoms with Gasteiger partial charge in [0, 0.05) is 0 Å². The molecule has 0 amide bonds. The Hall–Kier alpha value is -2.62. The van der Waals surface area contributed by atoms with Crippen molar-refractivity contribution in [3.05, 3.63) is 35.4 Å². The quantitative estimate of drug-likeness (QED) is 0.337. The highest BCUT2D eigenvalue weighted by Crippen LogP contribution is 2.43. The zero-order chi connectivity index (χ0) is 23.7. The number of fused-ring (bicyclic) bond motifs is 2. The first-order valence-electron chi connectivity index (χ1n) is 11.7. The Morgan fingerprint density at radius 2 is 0.594 bits per heavy atom. The van der Waals surface area contributed by atoms with Crippen LogP contribution in [0.4, 0.5) is 0 Å². The third-order valence-corrected chi connectivity index (χ3v) is 5.23. The van der Waals surface area contributed by atoms with Crippen molar-refractivity contribution in [1.82, 2.24) is 0 Å². The van der Waals surface area contributed by atoms with E-state index in [0.717, 1.165) is 44.5 Å². The number of rotatable bonds is 8. The lowest BCUT2D eigenvalue weighted by Gasteiger charge is -2.22. The predicted octanol–water partition coefficient (Wildman–Crippen LogP) is 7.76. The smallest absolute Gasteiger partial charge is 0.162 e. The predicted molar refractivity (Wildman–Crippen MR) is 134 cm³/mol.